The number of β-amino-alcohol motifs (C(OH)–C–C–N with tert-alkyl or cyclic N) is 1. The molecule has 0 saturated carbocycles. The lowest BCUT2D eigenvalue weighted by molar-refractivity contribution is 0.0349. The van der Waals surface area contributed by atoms with E-state index in [-0.39, 0.29) is 17.9 Å². The summed E-state index contributed by atoms with van der Waals surface area (Å²) in [5.74, 6) is 0.715. The molecular formula is C20H27N5O2. The van der Waals surface area contributed by atoms with E-state index in [1.54, 1.807) is 12.4 Å². The number of rotatable bonds is 5. The molecular weight excluding hydrogens is 342 g/mol. The lowest BCUT2D eigenvalue weighted by atomic mass is 10.0. The number of pyridine rings is 1. The molecule has 3 heterocycles. The number of hydrogen-bond acceptors (Lipinski definition) is 6. The number of carbonyl (C=O) groups is 1. The first-order valence-electron chi connectivity index (χ1n) is 9.37. The number of likely N-dealkylation sites (tertiary alicyclic amines) is 1. The first-order chi connectivity index (χ1) is 12.9. The smallest absolute Gasteiger partial charge is 0.255 e. The minimum Gasteiger partial charge on any atom is -0.390 e. The minimum absolute atomic E-state index is 0.215. The Morgan fingerprint density at radius 2 is 2.22 bits per heavy atom. The van der Waals surface area contributed by atoms with Gasteiger partial charge in [-0.15, -0.1) is 0 Å². The molecule has 2 aromatic heterocycles. The number of aromatic nitrogens is 3. The van der Waals surface area contributed by atoms with Gasteiger partial charge in [-0.05, 0) is 25.0 Å². The van der Waals surface area contributed by atoms with Gasteiger partial charge in [0.2, 0.25) is 0 Å². The number of nitrogens with zero attached hydrogens (tertiary/aromatic N) is 4. The summed E-state index contributed by atoms with van der Waals surface area (Å²) >= 11 is 0. The van der Waals surface area contributed by atoms with Gasteiger partial charge in [-0.3, -0.25) is 14.7 Å². The highest BCUT2D eigenvalue weighted by Crippen LogP contribution is 2.16. The minimum atomic E-state index is -0.615. The molecule has 1 amide bonds. The van der Waals surface area contributed by atoms with Crippen LogP contribution in [-0.4, -0.2) is 56.1 Å². The third-order valence-electron chi connectivity index (χ3n) is 4.87. The second-order valence-electron chi connectivity index (χ2n) is 7.41. The van der Waals surface area contributed by atoms with Gasteiger partial charge in [0.15, 0.2) is 0 Å². The van der Waals surface area contributed by atoms with Crippen LogP contribution in [0.5, 0.6) is 0 Å². The Morgan fingerprint density at radius 1 is 1.41 bits per heavy atom. The quantitative estimate of drug-likeness (QED) is 0.833. The van der Waals surface area contributed by atoms with Gasteiger partial charge in [-0.1, -0.05) is 19.9 Å². The van der Waals surface area contributed by atoms with Crippen molar-refractivity contribution in [3.8, 4) is 0 Å². The summed E-state index contributed by atoms with van der Waals surface area (Å²) in [4.78, 5) is 27.6. The number of carbonyl (C=O) groups excluding carboxylic acids is 1. The highest BCUT2D eigenvalue weighted by Gasteiger charge is 2.29. The van der Waals surface area contributed by atoms with E-state index < -0.39 is 6.10 Å². The zero-order valence-corrected chi connectivity index (χ0v) is 16.1. The number of amides is 1. The molecule has 7 nitrogen and oxygen atoms in total. The van der Waals surface area contributed by atoms with E-state index in [0.29, 0.717) is 24.2 Å². The fourth-order valence-electron chi connectivity index (χ4n) is 3.29. The SMILES string of the molecule is Cc1nc(C(C)C)ncc1C(=O)N[C@@H]1CCN(Cc2cccnc2)C[C@H]1O. The lowest BCUT2D eigenvalue weighted by Gasteiger charge is -2.36. The molecule has 0 aromatic carbocycles. The molecule has 1 fully saturated rings. The van der Waals surface area contributed by atoms with Crippen LogP contribution in [0.25, 0.3) is 0 Å². The Kier molecular flexibility index (Phi) is 6.13. The Bertz CT molecular complexity index is 781. The van der Waals surface area contributed by atoms with Crippen molar-refractivity contribution in [1.29, 1.82) is 0 Å². The van der Waals surface area contributed by atoms with Gasteiger partial charge in [0.05, 0.1) is 23.4 Å². The van der Waals surface area contributed by atoms with Crippen molar-refractivity contribution in [3.63, 3.8) is 0 Å². The largest absolute Gasteiger partial charge is 0.390 e. The van der Waals surface area contributed by atoms with E-state index in [9.17, 15) is 9.90 Å². The number of piperidine rings is 1. The summed E-state index contributed by atoms with van der Waals surface area (Å²) in [6, 6.07) is 3.66. The first-order valence-corrected chi connectivity index (χ1v) is 9.37. The average molecular weight is 369 g/mol. The standard InChI is InChI=1S/C20H27N5O2/c1-13(2)19-22-10-16(14(3)23-19)20(27)24-17-6-8-25(12-18(17)26)11-15-5-4-7-21-9-15/h4-5,7,9-10,13,17-18,26H,6,8,11-12H2,1-3H3,(H,24,27)/t17-,18-/m1/s1. The first kappa shape index (κ1) is 19.4. The monoisotopic (exact) mass is 369 g/mol. The molecule has 144 valence electrons. The molecule has 0 unspecified atom stereocenters. The van der Waals surface area contributed by atoms with Gasteiger partial charge in [0.25, 0.3) is 5.91 Å². The Balaban J connectivity index is 1.58. The van der Waals surface area contributed by atoms with Gasteiger partial charge in [0.1, 0.15) is 5.82 Å². The second-order valence-corrected chi connectivity index (χ2v) is 7.41. The van der Waals surface area contributed by atoms with E-state index >= 15 is 0 Å². The van der Waals surface area contributed by atoms with Gasteiger partial charge >= 0.3 is 0 Å². The van der Waals surface area contributed by atoms with Crippen molar-refractivity contribution in [1.82, 2.24) is 25.2 Å². The molecule has 1 aliphatic heterocycles. The van der Waals surface area contributed by atoms with E-state index in [1.807, 2.05) is 39.1 Å². The van der Waals surface area contributed by atoms with Crippen molar-refractivity contribution in [3.05, 3.63) is 53.4 Å². The van der Waals surface area contributed by atoms with E-state index in [1.165, 1.54) is 0 Å². The topological polar surface area (TPSA) is 91.2 Å². The summed E-state index contributed by atoms with van der Waals surface area (Å²) in [6.45, 7) is 7.92. The summed E-state index contributed by atoms with van der Waals surface area (Å²) in [6.07, 6.45) is 5.24. The number of aliphatic hydroxyl groups excluding tert-OH is 1. The molecule has 3 rings (SSSR count). The molecule has 27 heavy (non-hydrogen) atoms. The van der Waals surface area contributed by atoms with Crippen LogP contribution < -0.4 is 5.32 Å². The van der Waals surface area contributed by atoms with Crippen LogP contribution in [0.15, 0.2) is 30.7 Å². The fraction of sp³-hybridized carbons (Fsp3) is 0.500. The number of aliphatic hydroxyl groups is 1. The summed E-state index contributed by atoms with van der Waals surface area (Å²) in [7, 11) is 0. The van der Waals surface area contributed by atoms with Gasteiger partial charge in [-0.25, -0.2) is 9.97 Å². The normalized spacial score (nSPS) is 20.6. The molecule has 2 atom stereocenters. The van der Waals surface area contributed by atoms with Crippen molar-refractivity contribution < 1.29 is 9.90 Å². The third-order valence-corrected chi connectivity index (χ3v) is 4.87. The average Bonchev–Trinajstić information content (AvgIpc) is 2.64. The lowest BCUT2D eigenvalue weighted by Crippen LogP contribution is -2.53. The van der Waals surface area contributed by atoms with E-state index in [0.717, 1.165) is 24.5 Å². The molecule has 0 spiro atoms. The number of hydrogen-bond donors (Lipinski definition) is 2. The van der Waals surface area contributed by atoms with Crippen LogP contribution in [0.1, 0.15) is 53.6 Å². The summed E-state index contributed by atoms with van der Waals surface area (Å²) in [5.41, 5.74) is 2.24. The third kappa shape index (κ3) is 4.87. The summed E-state index contributed by atoms with van der Waals surface area (Å²) < 4.78 is 0. The molecule has 0 bridgehead atoms. The van der Waals surface area contributed by atoms with Gasteiger partial charge < -0.3 is 10.4 Å². The van der Waals surface area contributed by atoms with Gasteiger partial charge in [0, 0.05) is 44.1 Å². The summed E-state index contributed by atoms with van der Waals surface area (Å²) in [5, 5.41) is 13.4. The number of nitrogens with one attached hydrogen (secondary N) is 1. The zero-order chi connectivity index (χ0) is 19.4. The highest BCUT2D eigenvalue weighted by molar-refractivity contribution is 5.95. The maximum absolute atomic E-state index is 12.6. The number of aryl methyl sites for hydroxylation is 1. The zero-order valence-electron chi connectivity index (χ0n) is 16.1. The molecule has 2 aromatic rings. The van der Waals surface area contributed by atoms with Crippen LogP contribution in [0.4, 0.5) is 0 Å². The predicted molar refractivity (Wildman–Crippen MR) is 102 cm³/mol. The van der Waals surface area contributed by atoms with Crippen molar-refractivity contribution >= 4 is 5.91 Å². The van der Waals surface area contributed by atoms with Gasteiger partial charge in [-0.2, -0.15) is 0 Å². The molecule has 1 saturated heterocycles. The predicted octanol–water partition coefficient (Wildman–Crippen LogP) is 1.67. The molecule has 0 aliphatic carbocycles. The molecule has 1 aliphatic rings. The molecule has 7 heteroatoms. The van der Waals surface area contributed by atoms with E-state index in [4.69, 9.17) is 0 Å². The maximum atomic E-state index is 12.6. The van der Waals surface area contributed by atoms with Crippen molar-refractivity contribution in [2.24, 2.45) is 0 Å². The maximum Gasteiger partial charge on any atom is 0.255 e. The molecule has 2 N–H and O–H groups in total. The van der Waals surface area contributed by atoms with Crippen molar-refractivity contribution in [2.75, 3.05) is 13.1 Å². The highest BCUT2D eigenvalue weighted by atomic mass is 16.3. The van der Waals surface area contributed by atoms with Crippen LogP contribution in [0.2, 0.25) is 0 Å². The molecule has 0 radical (unpaired) electrons. The second kappa shape index (κ2) is 8.54. The Hall–Kier alpha value is -2.38. The van der Waals surface area contributed by atoms with E-state index in [2.05, 4.69) is 25.2 Å². The van der Waals surface area contributed by atoms with Crippen LogP contribution in [-0.2, 0) is 6.54 Å². The fourth-order valence-corrected chi connectivity index (χ4v) is 3.29. The van der Waals surface area contributed by atoms with Crippen LogP contribution >= 0.6 is 0 Å². The van der Waals surface area contributed by atoms with Crippen molar-refractivity contribution in [2.45, 2.75) is 51.8 Å². The van der Waals surface area contributed by atoms with Crippen LogP contribution in [0, 0.1) is 6.92 Å². The van der Waals surface area contributed by atoms with Crippen LogP contribution in [0.3, 0.4) is 0 Å². The Labute approximate surface area is 159 Å². The Morgan fingerprint density at radius 3 is 2.85 bits per heavy atom.